The van der Waals surface area contributed by atoms with Gasteiger partial charge in [-0.1, -0.05) is 69.0 Å². The quantitative estimate of drug-likeness (QED) is 0.555. The van der Waals surface area contributed by atoms with Crippen LogP contribution in [0.25, 0.3) is 0 Å². The molecule has 2 aromatic rings. The highest BCUT2D eigenvalue weighted by molar-refractivity contribution is 7.92. The number of aryl methyl sites for hydroxylation is 2. The summed E-state index contributed by atoms with van der Waals surface area (Å²) in [6.45, 7) is 8.43. The number of carbonyl (C=O) groups is 1. The van der Waals surface area contributed by atoms with Gasteiger partial charge in [0.2, 0.25) is 5.91 Å². The average Bonchev–Trinajstić information content (AvgIpc) is 2.73. The van der Waals surface area contributed by atoms with Crippen molar-refractivity contribution in [1.82, 2.24) is 5.32 Å². The Morgan fingerprint density at radius 1 is 1.07 bits per heavy atom. The number of hydrogen-bond donors (Lipinski definition) is 1. The van der Waals surface area contributed by atoms with Gasteiger partial charge in [-0.2, -0.15) is 0 Å². The van der Waals surface area contributed by atoms with E-state index in [-0.39, 0.29) is 17.3 Å². The molecule has 0 heterocycles. The van der Waals surface area contributed by atoms with Gasteiger partial charge in [0.25, 0.3) is 10.0 Å². The fourth-order valence-corrected chi connectivity index (χ4v) is 5.00. The van der Waals surface area contributed by atoms with E-state index in [9.17, 15) is 13.2 Å². The van der Waals surface area contributed by atoms with Crippen LogP contribution < -0.4 is 9.62 Å². The Balaban J connectivity index is 2.27. The molecular formula is C24H34N2O3S. The molecule has 0 unspecified atom stereocenters. The van der Waals surface area contributed by atoms with Crippen LogP contribution in [0, 0.1) is 19.8 Å². The lowest BCUT2D eigenvalue weighted by Crippen LogP contribution is -2.42. The molecule has 30 heavy (non-hydrogen) atoms. The second-order valence-corrected chi connectivity index (χ2v) is 9.70. The summed E-state index contributed by atoms with van der Waals surface area (Å²) in [5, 5.41) is 2.95. The maximum Gasteiger partial charge on any atom is 0.264 e. The van der Waals surface area contributed by atoms with Gasteiger partial charge in [-0.05, 0) is 49.9 Å². The fraction of sp³-hybridized carbons (Fsp3) is 0.458. The molecule has 1 N–H and O–H groups in total. The number of hydrogen-bond acceptors (Lipinski definition) is 3. The highest BCUT2D eigenvalue weighted by Gasteiger charge is 2.28. The molecule has 0 aliphatic rings. The number of amides is 1. The second kappa shape index (κ2) is 11.2. The lowest BCUT2D eigenvalue weighted by atomic mass is 9.99. The molecule has 0 aromatic heterocycles. The van der Waals surface area contributed by atoms with E-state index in [1.54, 1.807) is 36.4 Å². The third-order valence-electron chi connectivity index (χ3n) is 5.37. The Morgan fingerprint density at radius 3 is 2.37 bits per heavy atom. The van der Waals surface area contributed by atoms with Gasteiger partial charge in [-0.15, -0.1) is 0 Å². The van der Waals surface area contributed by atoms with Crippen LogP contribution in [0.15, 0.2) is 53.4 Å². The summed E-state index contributed by atoms with van der Waals surface area (Å²) < 4.78 is 28.0. The minimum atomic E-state index is -3.87. The molecule has 0 aliphatic heterocycles. The summed E-state index contributed by atoms with van der Waals surface area (Å²) in [6.07, 6.45) is 4.31. The average molecular weight is 431 g/mol. The smallest absolute Gasteiger partial charge is 0.264 e. The highest BCUT2D eigenvalue weighted by Crippen LogP contribution is 2.27. The molecule has 5 nitrogen and oxygen atoms in total. The molecule has 6 heteroatoms. The maximum atomic E-state index is 13.4. The number of carbonyl (C=O) groups excluding carboxylic acids is 1. The molecule has 164 valence electrons. The van der Waals surface area contributed by atoms with Gasteiger partial charge in [0.15, 0.2) is 0 Å². The molecule has 0 fully saturated rings. The van der Waals surface area contributed by atoms with Crippen LogP contribution in [0.4, 0.5) is 5.69 Å². The Hall–Kier alpha value is -2.34. The fourth-order valence-electron chi connectivity index (χ4n) is 3.49. The molecule has 0 bridgehead atoms. The Labute approximate surface area is 181 Å². The minimum Gasteiger partial charge on any atom is -0.354 e. The Bertz CT molecular complexity index is 927. The van der Waals surface area contributed by atoms with E-state index >= 15 is 0 Å². The first-order chi connectivity index (χ1) is 14.3. The van der Waals surface area contributed by atoms with Crippen LogP contribution in [0.1, 0.15) is 50.7 Å². The van der Waals surface area contributed by atoms with Gasteiger partial charge in [-0.25, -0.2) is 8.42 Å². The first-order valence-electron chi connectivity index (χ1n) is 10.7. The topological polar surface area (TPSA) is 66.5 Å². The third-order valence-corrected chi connectivity index (χ3v) is 7.14. The number of nitrogens with zero attached hydrogens (tertiary/aromatic N) is 1. The zero-order valence-electron chi connectivity index (χ0n) is 18.5. The van der Waals surface area contributed by atoms with Gasteiger partial charge < -0.3 is 5.32 Å². The van der Waals surface area contributed by atoms with Crippen LogP contribution in [0.2, 0.25) is 0 Å². The minimum absolute atomic E-state index is 0.173. The van der Waals surface area contributed by atoms with Crippen molar-refractivity contribution in [2.75, 3.05) is 17.4 Å². The number of rotatable bonds is 11. The van der Waals surface area contributed by atoms with Gasteiger partial charge in [0, 0.05) is 6.54 Å². The van der Waals surface area contributed by atoms with Gasteiger partial charge in [0.05, 0.1) is 10.6 Å². The standard InChI is InChI=1S/C24H34N2O3S/c1-5-7-11-21(6-2)17-25-24(27)18-26(23-15-14-19(3)16-20(23)4)30(28,29)22-12-9-8-10-13-22/h8-10,12-16,21H,5-7,11,17-18H2,1-4H3,(H,25,27)/t21-/m1/s1. The van der Waals surface area contributed by atoms with E-state index in [1.807, 2.05) is 26.0 Å². The lowest BCUT2D eigenvalue weighted by molar-refractivity contribution is -0.119. The molecule has 0 saturated heterocycles. The van der Waals surface area contributed by atoms with Crippen molar-refractivity contribution in [3.8, 4) is 0 Å². The van der Waals surface area contributed by atoms with Crippen molar-refractivity contribution in [2.45, 2.75) is 58.3 Å². The van der Waals surface area contributed by atoms with Crippen LogP contribution >= 0.6 is 0 Å². The zero-order valence-corrected chi connectivity index (χ0v) is 19.3. The summed E-state index contributed by atoms with van der Waals surface area (Å²) in [6, 6.07) is 13.8. The SMILES string of the molecule is CCCC[C@@H](CC)CNC(=O)CN(c1ccc(C)cc1C)S(=O)(=O)c1ccccc1. The molecule has 0 aliphatic carbocycles. The maximum absolute atomic E-state index is 13.4. The van der Waals surface area contributed by atoms with E-state index in [1.165, 1.54) is 4.31 Å². The molecule has 2 rings (SSSR count). The molecule has 1 amide bonds. The molecule has 0 saturated carbocycles. The molecule has 0 radical (unpaired) electrons. The normalized spacial score (nSPS) is 12.4. The number of unbranched alkanes of at least 4 members (excludes halogenated alkanes) is 1. The van der Waals surface area contributed by atoms with Crippen molar-refractivity contribution in [2.24, 2.45) is 5.92 Å². The third kappa shape index (κ3) is 6.33. The summed E-state index contributed by atoms with van der Waals surface area (Å²) in [7, 11) is -3.87. The van der Waals surface area contributed by atoms with Crippen LogP contribution in [-0.4, -0.2) is 27.4 Å². The number of sulfonamides is 1. The van der Waals surface area contributed by atoms with E-state index < -0.39 is 10.0 Å². The first-order valence-corrected chi connectivity index (χ1v) is 12.1. The largest absolute Gasteiger partial charge is 0.354 e. The predicted molar refractivity (Wildman–Crippen MR) is 123 cm³/mol. The summed E-state index contributed by atoms with van der Waals surface area (Å²) >= 11 is 0. The van der Waals surface area contributed by atoms with Crippen molar-refractivity contribution in [1.29, 1.82) is 0 Å². The molecule has 0 spiro atoms. The van der Waals surface area contributed by atoms with Crippen molar-refractivity contribution < 1.29 is 13.2 Å². The molecular weight excluding hydrogens is 396 g/mol. The van der Waals surface area contributed by atoms with Crippen LogP contribution in [0.5, 0.6) is 0 Å². The first kappa shape index (κ1) is 23.9. The van der Waals surface area contributed by atoms with Crippen molar-refractivity contribution in [3.63, 3.8) is 0 Å². The predicted octanol–water partition coefficient (Wildman–Crippen LogP) is 4.83. The van der Waals surface area contributed by atoms with Crippen molar-refractivity contribution in [3.05, 3.63) is 59.7 Å². The summed E-state index contributed by atoms with van der Waals surface area (Å²) in [5.41, 5.74) is 2.38. The summed E-state index contributed by atoms with van der Waals surface area (Å²) in [4.78, 5) is 12.9. The molecule has 1 atom stereocenters. The highest BCUT2D eigenvalue weighted by atomic mass is 32.2. The van der Waals surface area contributed by atoms with Crippen molar-refractivity contribution >= 4 is 21.6 Å². The van der Waals surface area contributed by atoms with E-state index in [0.717, 1.165) is 36.8 Å². The Kier molecular flexibility index (Phi) is 8.90. The summed E-state index contributed by atoms with van der Waals surface area (Å²) in [5.74, 6) is 0.124. The van der Waals surface area contributed by atoms with E-state index in [4.69, 9.17) is 0 Å². The van der Waals surface area contributed by atoms with E-state index in [2.05, 4.69) is 19.2 Å². The number of nitrogens with one attached hydrogen (secondary N) is 1. The molecule has 2 aromatic carbocycles. The number of anilines is 1. The van der Waals surface area contributed by atoms with Gasteiger partial charge in [0.1, 0.15) is 6.54 Å². The zero-order chi connectivity index (χ0) is 22.1. The lowest BCUT2D eigenvalue weighted by Gasteiger charge is -2.26. The van der Waals surface area contributed by atoms with Gasteiger partial charge >= 0.3 is 0 Å². The van der Waals surface area contributed by atoms with Gasteiger partial charge in [-0.3, -0.25) is 9.10 Å². The Morgan fingerprint density at radius 2 is 1.77 bits per heavy atom. The van der Waals surface area contributed by atoms with Crippen LogP contribution in [0.3, 0.4) is 0 Å². The van der Waals surface area contributed by atoms with Crippen LogP contribution in [-0.2, 0) is 14.8 Å². The monoisotopic (exact) mass is 430 g/mol. The second-order valence-electron chi connectivity index (χ2n) is 7.84. The number of benzene rings is 2. The van der Waals surface area contributed by atoms with E-state index in [0.29, 0.717) is 18.2 Å².